The third-order valence-electron chi connectivity index (χ3n) is 5.01. The van der Waals surface area contributed by atoms with Crippen molar-refractivity contribution in [2.24, 2.45) is 5.92 Å². The van der Waals surface area contributed by atoms with Gasteiger partial charge in [0, 0.05) is 12.5 Å². The zero-order valence-electron chi connectivity index (χ0n) is 14.9. The van der Waals surface area contributed by atoms with E-state index in [0.29, 0.717) is 0 Å². The number of nitrogens with zero attached hydrogens (tertiary/aromatic N) is 1. The standard InChI is InChI=1S/C21H24F2N2O/c1-15(17-4-8-20(23)9-5-17)24-21(26)18-10-12-25(13-11-18)14-16-2-6-19(22)7-3-16/h2-9,15,18H,10-14H2,1H3,(H,24,26)/t15-/m1/s1. The van der Waals surface area contributed by atoms with Gasteiger partial charge in [-0.05, 0) is 68.2 Å². The summed E-state index contributed by atoms with van der Waals surface area (Å²) in [4.78, 5) is 14.8. The Morgan fingerprint density at radius 3 is 2.15 bits per heavy atom. The number of rotatable bonds is 5. The molecule has 1 N–H and O–H groups in total. The zero-order chi connectivity index (χ0) is 18.5. The van der Waals surface area contributed by atoms with E-state index in [9.17, 15) is 13.6 Å². The van der Waals surface area contributed by atoms with E-state index >= 15 is 0 Å². The average Bonchev–Trinajstić information content (AvgIpc) is 2.64. The van der Waals surface area contributed by atoms with Crippen LogP contribution in [0, 0.1) is 17.6 Å². The molecular formula is C21H24F2N2O. The van der Waals surface area contributed by atoms with E-state index < -0.39 is 0 Å². The highest BCUT2D eigenvalue weighted by Crippen LogP contribution is 2.21. The first-order chi connectivity index (χ1) is 12.5. The first-order valence-electron chi connectivity index (χ1n) is 9.04. The number of carbonyl (C=O) groups excluding carboxylic acids is 1. The van der Waals surface area contributed by atoms with Crippen molar-refractivity contribution in [2.45, 2.75) is 32.4 Å². The summed E-state index contributed by atoms with van der Waals surface area (Å²) in [6, 6.07) is 12.6. The number of carbonyl (C=O) groups is 1. The summed E-state index contributed by atoms with van der Waals surface area (Å²) in [6.07, 6.45) is 1.62. The molecule has 0 saturated carbocycles. The Morgan fingerprint density at radius 1 is 1.04 bits per heavy atom. The Morgan fingerprint density at radius 2 is 1.58 bits per heavy atom. The minimum Gasteiger partial charge on any atom is -0.349 e. The molecule has 1 saturated heterocycles. The summed E-state index contributed by atoms with van der Waals surface area (Å²) in [7, 11) is 0. The van der Waals surface area contributed by atoms with Gasteiger partial charge in [-0.1, -0.05) is 24.3 Å². The second-order valence-electron chi connectivity index (χ2n) is 6.96. The lowest BCUT2D eigenvalue weighted by Gasteiger charge is -2.32. The van der Waals surface area contributed by atoms with Gasteiger partial charge in [0.2, 0.25) is 5.91 Å². The van der Waals surface area contributed by atoms with Crippen LogP contribution in [0.15, 0.2) is 48.5 Å². The summed E-state index contributed by atoms with van der Waals surface area (Å²) in [5.41, 5.74) is 1.98. The molecule has 1 aliphatic rings. The van der Waals surface area contributed by atoms with Crippen LogP contribution in [0.5, 0.6) is 0 Å². The second kappa shape index (κ2) is 8.41. The number of benzene rings is 2. The highest BCUT2D eigenvalue weighted by atomic mass is 19.1. The van der Waals surface area contributed by atoms with Crippen molar-refractivity contribution in [3.63, 3.8) is 0 Å². The summed E-state index contributed by atoms with van der Waals surface area (Å²) >= 11 is 0. The van der Waals surface area contributed by atoms with Gasteiger partial charge in [0.25, 0.3) is 0 Å². The predicted octanol–water partition coefficient (Wildman–Crippen LogP) is 4.05. The monoisotopic (exact) mass is 358 g/mol. The Bertz CT molecular complexity index is 723. The Labute approximate surface area is 153 Å². The fraction of sp³-hybridized carbons (Fsp3) is 0.381. The van der Waals surface area contributed by atoms with E-state index in [1.807, 2.05) is 6.92 Å². The van der Waals surface area contributed by atoms with Gasteiger partial charge in [-0.2, -0.15) is 0 Å². The second-order valence-corrected chi connectivity index (χ2v) is 6.96. The van der Waals surface area contributed by atoms with Crippen LogP contribution in [0.25, 0.3) is 0 Å². The number of halogens is 2. The molecule has 2 aromatic carbocycles. The largest absolute Gasteiger partial charge is 0.349 e. The number of hydrogen-bond acceptors (Lipinski definition) is 2. The summed E-state index contributed by atoms with van der Waals surface area (Å²) < 4.78 is 26.0. The average molecular weight is 358 g/mol. The van der Waals surface area contributed by atoms with E-state index in [2.05, 4.69) is 10.2 Å². The topological polar surface area (TPSA) is 32.3 Å². The molecule has 26 heavy (non-hydrogen) atoms. The molecule has 5 heteroatoms. The maximum Gasteiger partial charge on any atom is 0.223 e. The third kappa shape index (κ3) is 4.88. The molecule has 0 aromatic heterocycles. The van der Waals surface area contributed by atoms with E-state index in [1.165, 1.54) is 24.3 Å². The van der Waals surface area contributed by atoms with E-state index in [0.717, 1.165) is 43.6 Å². The summed E-state index contributed by atoms with van der Waals surface area (Å²) in [5, 5.41) is 3.03. The van der Waals surface area contributed by atoms with Crippen LogP contribution in [0.3, 0.4) is 0 Å². The molecule has 0 bridgehead atoms. The molecule has 1 amide bonds. The van der Waals surface area contributed by atoms with Gasteiger partial charge in [0.1, 0.15) is 11.6 Å². The fourth-order valence-electron chi connectivity index (χ4n) is 3.37. The highest BCUT2D eigenvalue weighted by Gasteiger charge is 2.26. The lowest BCUT2D eigenvalue weighted by molar-refractivity contribution is -0.127. The zero-order valence-corrected chi connectivity index (χ0v) is 14.9. The van der Waals surface area contributed by atoms with Crippen molar-refractivity contribution in [1.29, 1.82) is 0 Å². The van der Waals surface area contributed by atoms with E-state index in [-0.39, 0.29) is 29.5 Å². The first kappa shape index (κ1) is 18.5. The highest BCUT2D eigenvalue weighted by molar-refractivity contribution is 5.79. The molecule has 0 spiro atoms. The normalized spacial score (nSPS) is 17.0. The minimum atomic E-state index is -0.277. The molecule has 138 valence electrons. The quantitative estimate of drug-likeness (QED) is 0.874. The maximum atomic E-state index is 13.0. The SMILES string of the molecule is C[C@@H](NC(=O)C1CCN(Cc2ccc(F)cc2)CC1)c1ccc(F)cc1. The molecule has 0 aliphatic carbocycles. The van der Waals surface area contributed by atoms with Crippen molar-refractivity contribution < 1.29 is 13.6 Å². The molecule has 0 radical (unpaired) electrons. The van der Waals surface area contributed by atoms with Gasteiger partial charge in [-0.15, -0.1) is 0 Å². The van der Waals surface area contributed by atoms with Crippen LogP contribution >= 0.6 is 0 Å². The Kier molecular flexibility index (Phi) is 5.99. The van der Waals surface area contributed by atoms with Crippen molar-refractivity contribution in [3.05, 3.63) is 71.3 Å². The third-order valence-corrected chi connectivity index (χ3v) is 5.01. The molecule has 3 nitrogen and oxygen atoms in total. The van der Waals surface area contributed by atoms with Gasteiger partial charge >= 0.3 is 0 Å². The minimum absolute atomic E-state index is 0.00219. The van der Waals surface area contributed by atoms with Crippen LogP contribution < -0.4 is 5.32 Å². The van der Waals surface area contributed by atoms with Gasteiger partial charge < -0.3 is 5.32 Å². The smallest absolute Gasteiger partial charge is 0.223 e. The Balaban J connectivity index is 1.47. The lowest BCUT2D eigenvalue weighted by Crippen LogP contribution is -2.40. The van der Waals surface area contributed by atoms with Crippen LogP contribution in [0.4, 0.5) is 8.78 Å². The maximum absolute atomic E-state index is 13.0. The number of amides is 1. The van der Waals surface area contributed by atoms with Crippen molar-refractivity contribution >= 4 is 5.91 Å². The van der Waals surface area contributed by atoms with Gasteiger partial charge in [-0.25, -0.2) is 8.78 Å². The van der Waals surface area contributed by atoms with Gasteiger partial charge in [0.05, 0.1) is 6.04 Å². The molecule has 2 aromatic rings. The van der Waals surface area contributed by atoms with Crippen LogP contribution in [0.1, 0.15) is 36.9 Å². The molecule has 3 rings (SSSR count). The molecule has 0 unspecified atom stereocenters. The number of piperidine rings is 1. The molecule has 1 aliphatic heterocycles. The summed E-state index contributed by atoms with van der Waals surface area (Å²) in [5.74, 6) is -0.439. The van der Waals surface area contributed by atoms with Gasteiger partial charge in [0.15, 0.2) is 0 Å². The van der Waals surface area contributed by atoms with Crippen molar-refractivity contribution in [2.75, 3.05) is 13.1 Å². The summed E-state index contributed by atoms with van der Waals surface area (Å²) in [6.45, 7) is 4.39. The van der Waals surface area contributed by atoms with Crippen LogP contribution in [-0.4, -0.2) is 23.9 Å². The molecular weight excluding hydrogens is 334 g/mol. The van der Waals surface area contributed by atoms with Crippen LogP contribution in [0.2, 0.25) is 0 Å². The molecule has 1 atom stereocenters. The molecule has 1 heterocycles. The number of hydrogen-bond donors (Lipinski definition) is 1. The first-order valence-corrected chi connectivity index (χ1v) is 9.04. The Hall–Kier alpha value is -2.27. The van der Waals surface area contributed by atoms with E-state index in [1.54, 1.807) is 24.3 Å². The molecule has 1 fully saturated rings. The van der Waals surface area contributed by atoms with Crippen molar-refractivity contribution in [3.8, 4) is 0 Å². The predicted molar refractivity (Wildman–Crippen MR) is 97.4 cm³/mol. The van der Waals surface area contributed by atoms with Gasteiger partial charge in [-0.3, -0.25) is 9.69 Å². The fourth-order valence-corrected chi connectivity index (χ4v) is 3.37. The van der Waals surface area contributed by atoms with Crippen LogP contribution in [-0.2, 0) is 11.3 Å². The number of likely N-dealkylation sites (tertiary alicyclic amines) is 1. The lowest BCUT2D eigenvalue weighted by atomic mass is 9.95. The van der Waals surface area contributed by atoms with E-state index in [4.69, 9.17) is 0 Å². The number of nitrogens with one attached hydrogen (secondary N) is 1. The van der Waals surface area contributed by atoms with Crippen molar-refractivity contribution in [1.82, 2.24) is 10.2 Å².